The number of aryl methyl sites for hydroxylation is 2. The predicted molar refractivity (Wildman–Crippen MR) is 100.0 cm³/mol. The van der Waals surface area contributed by atoms with Crippen LogP contribution in [0.5, 0.6) is 0 Å². The van der Waals surface area contributed by atoms with Crippen molar-refractivity contribution < 1.29 is 5.11 Å². The lowest BCUT2D eigenvalue weighted by atomic mass is 10.1. The zero-order valence-electron chi connectivity index (χ0n) is 14.6. The van der Waals surface area contributed by atoms with E-state index in [1.807, 2.05) is 36.7 Å². The molecule has 4 nitrogen and oxygen atoms in total. The van der Waals surface area contributed by atoms with Crippen molar-refractivity contribution in [1.82, 2.24) is 14.9 Å². The van der Waals surface area contributed by atoms with E-state index in [0.29, 0.717) is 6.54 Å². The van der Waals surface area contributed by atoms with Crippen LogP contribution in [0.1, 0.15) is 35.5 Å². The second-order valence-corrected chi connectivity index (χ2v) is 6.28. The van der Waals surface area contributed by atoms with Crippen molar-refractivity contribution in [3.8, 4) is 0 Å². The topological polar surface area (TPSA) is 50.1 Å². The van der Waals surface area contributed by atoms with Gasteiger partial charge in [-0.25, -0.2) is 4.98 Å². The monoisotopic (exact) mass is 335 g/mol. The van der Waals surface area contributed by atoms with Gasteiger partial charge in [-0.1, -0.05) is 54.6 Å². The van der Waals surface area contributed by atoms with Gasteiger partial charge in [0.05, 0.1) is 13.2 Å². The van der Waals surface area contributed by atoms with Crippen LogP contribution < -0.4 is 5.32 Å². The number of aromatic nitrogens is 2. The Hall–Kier alpha value is -2.43. The Morgan fingerprint density at radius 3 is 2.68 bits per heavy atom. The Labute approximate surface area is 149 Å². The normalized spacial score (nSPS) is 12.2. The van der Waals surface area contributed by atoms with E-state index in [2.05, 4.69) is 52.1 Å². The molecular formula is C21H25N3O. The Morgan fingerprint density at radius 1 is 1.08 bits per heavy atom. The van der Waals surface area contributed by atoms with Gasteiger partial charge in [0.2, 0.25) is 0 Å². The molecule has 0 aliphatic rings. The largest absolute Gasteiger partial charge is 0.392 e. The van der Waals surface area contributed by atoms with Crippen LogP contribution in [0.3, 0.4) is 0 Å². The van der Waals surface area contributed by atoms with Gasteiger partial charge < -0.3 is 15.0 Å². The van der Waals surface area contributed by atoms with E-state index in [9.17, 15) is 5.11 Å². The van der Waals surface area contributed by atoms with Gasteiger partial charge in [0, 0.05) is 25.0 Å². The molecule has 1 heterocycles. The molecule has 0 saturated heterocycles. The summed E-state index contributed by atoms with van der Waals surface area (Å²) >= 11 is 0. The third-order valence-electron chi connectivity index (χ3n) is 4.49. The van der Waals surface area contributed by atoms with Gasteiger partial charge in [-0.3, -0.25) is 0 Å². The van der Waals surface area contributed by atoms with Gasteiger partial charge in [0.1, 0.15) is 5.82 Å². The van der Waals surface area contributed by atoms with E-state index < -0.39 is 0 Å². The van der Waals surface area contributed by atoms with Crippen LogP contribution in [-0.2, 0) is 26.1 Å². The zero-order valence-corrected chi connectivity index (χ0v) is 14.6. The van der Waals surface area contributed by atoms with Crippen LogP contribution in [0.15, 0.2) is 67.0 Å². The summed E-state index contributed by atoms with van der Waals surface area (Å²) in [6.45, 7) is 3.85. The van der Waals surface area contributed by atoms with Crippen molar-refractivity contribution >= 4 is 0 Å². The van der Waals surface area contributed by atoms with Gasteiger partial charge in [-0.2, -0.15) is 0 Å². The van der Waals surface area contributed by atoms with Crippen LogP contribution in [0.25, 0.3) is 0 Å². The molecule has 3 aromatic rings. The quantitative estimate of drug-likeness (QED) is 0.663. The Bertz CT molecular complexity index is 783. The fourth-order valence-electron chi connectivity index (χ4n) is 2.93. The summed E-state index contributed by atoms with van der Waals surface area (Å²) in [5.41, 5.74) is 3.45. The second kappa shape index (κ2) is 8.60. The number of nitrogens with one attached hydrogen (secondary N) is 1. The molecule has 2 N–H and O–H groups in total. The molecule has 1 atom stereocenters. The molecule has 0 aliphatic heterocycles. The van der Waals surface area contributed by atoms with Gasteiger partial charge in [-0.05, 0) is 30.0 Å². The molecule has 1 aromatic heterocycles. The lowest BCUT2D eigenvalue weighted by Gasteiger charge is -2.16. The fraction of sp³-hybridized carbons (Fsp3) is 0.286. The van der Waals surface area contributed by atoms with Gasteiger partial charge in [0.15, 0.2) is 0 Å². The Balaban J connectivity index is 1.57. The first-order valence-electron chi connectivity index (χ1n) is 8.73. The summed E-state index contributed by atoms with van der Waals surface area (Å²) in [5.74, 6) is 1.04. The van der Waals surface area contributed by atoms with Crippen LogP contribution in [0.2, 0.25) is 0 Å². The summed E-state index contributed by atoms with van der Waals surface area (Å²) in [4.78, 5) is 4.49. The molecule has 2 aromatic carbocycles. The number of rotatable bonds is 8. The molecule has 0 bridgehead atoms. The van der Waals surface area contributed by atoms with Crippen molar-refractivity contribution in [2.45, 2.75) is 39.1 Å². The highest BCUT2D eigenvalue weighted by Gasteiger charge is 2.08. The van der Waals surface area contributed by atoms with Gasteiger partial charge >= 0.3 is 0 Å². The average Bonchev–Trinajstić information content (AvgIpc) is 3.12. The van der Waals surface area contributed by atoms with Crippen molar-refractivity contribution in [2.75, 3.05) is 0 Å². The first kappa shape index (κ1) is 17.4. The molecule has 0 aliphatic carbocycles. The molecule has 4 heteroatoms. The summed E-state index contributed by atoms with van der Waals surface area (Å²) in [5, 5.41) is 12.8. The minimum atomic E-state index is 0.0739. The first-order chi connectivity index (χ1) is 12.3. The smallest absolute Gasteiger partial charge is 0.122 e. The van der Waals surface area contributed by atoms with Crippen molar-refractivity contribution in [3.63, 3.8) is 0 Å². The molecule has 3 rings (SSSR count). The third-order valence-corrected chi connectivity index (χ3v) is 4.49. The lowest BCUT2D eigenvalue weighted by Crippen LogP contribution is -2.21. The number of hydrogen-bond donors (Lipinski definition) is 2. The Kier molecular flexibility index (Phi) is 5.99. The third kappa shape index (κ3) is 4.78. The highest BCUT2D eigenvalue weighted by atomic mass is 16.3. The fourth-order valence-corrected chi connectivity index (χ4v) is 2.93. The van der Waals surface area contributed by atoms with E-state index >= 15 is 0 Å². The number of aliphatic hydroxyl groups excluding tert-OH is 1. The molecule has 0 fully saturated rings. The molecular weight excluding hydrogens is 310 g/mol. The minimum absolute atomic E-state index is 0.0739. The van der Waals surface area contributed by atoms with E-state index in [4.69, 9.17) is 0 Å². The Morgan fingerprint density at radius 2 is 1.88 bits per heavy atom. The number of nitrogens with zero attached hydrogens (tertiary/aromatic N) is 2. The first-order valence-corrected chi connectivity index (χ1v) is 8.73. The van der Waals surface area contributed by atoms with Crippen LogP contribution >= 0.6 is 0 Å². The summed E-state index contributed by atoms with van der Waals surface area (Å²) in [7, 11) is 0. The van der Waals surface area contributed by atoms with Crippen LogP contribution in [0, 0.1) is 0 Å². The predicted octanol–water partition coefficient (Wildman–Crippen LogP) is 3.47. The SMILES string of the molecule is CC(NCc1nccn1CCc1ccccc1)c1cccc(CO)c1. The zero-order chi connectivity index (χ0) is 17.5. The van der Waals surface area contributed by atoms with E-state index in [1.165, 1.54) is 11.1 Å². The van der Waals surface area contributed by atoms with E-state index in [1.54, 1.807) is 0 Å². The van der Waals surface area contributed by atoms with Crippen molar-refractivity contribution in [1.29, 1.82) is 0 Å². The highest BCUT2D eigenvalue weighted by molar-refractivity contribution is 5.25. The van der Waals surface area contributed by atoms with Crippen LogP contribution in [-0.4, -0.2) is 14.7 Å². The van der Waals surface area contributed by atoms with Gasteiger partial charge in [-0.15, -0.1) is 0 Å². The maximum Gasteiger partial charge on any atom is 0.122 e. The number of aliphatic hydroxyl groups is 1. The average molecular weight is 335 g/mol. The summed E-state index contributed by atoms with van der Waals surface area (Å²) in [6.07, 6.45) is 4.90. The molecule has 130 valence electrons. The van der Waals surface area contributed by atoms with Crippen molar-refractivity contribution in [2.24, 2.45) is 0 Å². The summed E-state index contributed by atoms with van der Waals surface area (Å²) in [6, 6.07) is 18.8. The number of benzene rings is 2. The maximum absolute atomic E-state index is 9.28. The van der Waals surface area contributed by atoms with E-state index in [-0.39, 0.29) is 12.6 Å². The molecule has 0 saturated carbocycles. The van der Waals surface area contributed by atoms with Crippen molar-refractivity contribution in [3.05, 3.63) is 89.5 Å². The molecule has 0 spiro atoms. The minimum Gasteiger partial charge on any atom is -0.392 e. The maximum atomic E-state index is 9.28. The summed E-state index contributed by atoms with van der Waals surface area (Å²) < 4.78 is 2.21. The molecule has 1 unspecified atom stereocenters. The van der Waals surface area contributed by atoms with Crippen LogP contribution in [0.4, 0.5) is 0 Å². The highest BCUT2D eigenvalue weighted by Crippen LogP contribution is 2.15. The van der Waals surface area contributed by atoms with Gasteiger partial charge in [0.25, 0.3) is 0 Å². The molecule has 0 radical (unpaired) electrons. The van der Waals surface area contributed by atoms with E-state index in [0.717, 1.165) is 24.4 Å². The second-order valence-electron chi connectivity index (χ2n) is 6.28. The number of hydrogen-bond acceptors (Lipinski definition) is 3. The molecule has 0 amide bonds. The molecule has 25 heavy (non-hydrogen) atoms. The lowest BCUT2D eigenvalue weighted by molar-refractivity contribution is 0.281. The standard InChI is InChI=1S/C21H25N3O/c1-17(20-9-5-8-19(14-20)16-25)23-15-21-22-11-13-24(21)12-10-18-6-3-2-4-7-18/h2-9,11,13-14,17,23,25H,10,12,15-16H2,1H3. The number of imidazole rings is 1.